The van der Waals surface area contributed by atoms with Gasteiger partial charge in [-0.25, -0.2) is 0 Å². The maximum absolute atomic E-state index is 12.9. The van der Waals surface area contributed by atoms with Crippen molar-refractivity contribution < 1.29 is 28.6 Å². The highest BCUT2D eigenvalue weighted by Crippen LogP contribution is 2.18. The molecular formula is C64H122O6. The molecule has 0 aliphatic rings. The van der Waals surface area contributed by atoms with Crippen LogP contribution in [-0.2, 0) is 28.6 Å². The Hall–Kier alpha value is -1.85. The number of carbonyl (C=O) groups excluding carboxylic acids is 3. The molecular weight excluding hydrogens is 865 g/mol. The molecule has 0 spiro atoms. The predicted molar refractivity (Wildman–Crippen MR) is 303 cm³/mol. The fourth-order valence-corrected chi connectivity index (χ4v) is 9.74. The molecule has 0 saturated heterocycles. The Morgan fingerprint density at radius 1 is 0.271 bits per heavy atom. The number of ether oxygens (including phenoxy) is 3. The molecule has 1 atom stereocenters. The molecule has 414 valence electrons. The van der Waals surface area contributed by atoms with Gasteiger partial charge in [0.2, 0.25) is 0 Å². The van der Waals surface area contributed by atoms with Crippen LogP contribution < -0.4 is 0 Å². The maximum Gasteiger partial charge on any atom is 0.306 e. The fourth-order valence-electron chi connectivity index (χ4n) is 9.74. The largest absolute Gasteiger partial charge is 0.462 e. The van der Waals surface area contributed by atoms with E-state index in [1.807, 2.05) is 0 Å². The Bertz CT molecular complexity index is 1090. The molecule has 0 fully saturated rings. The van der Waals surface area contributed by atoms with Gasteiger partial charge in [-0.2, -0.15) is 0 Å². The van der Waals surface area contributed by atoms with Gasteiger partial charge in [-0.3, -0.25) is 14.4 Å². The van der Waals surface area contributed by atoms with Crippen molar-refractivity contribution in [2.75, 3.05) is 13.2 Å². The molecule has 0 saturated carbocycles. The van der Waals surface area contributed by atoms with E-state index >= 15 is 0 Å². The first kappa shape index (κ1) is 68.2. The van der Waals surface area contributed by atoms with Crippen molar-refractivity contribution in [1.29, 1.82) is 0 Å². The summed E-state index contributed by atoms with van der Waals surface area (Å²) in [7, 11) is 0. The van der Waals surface area contributed by atoms with E-state index in [-0.39, 0.29) is 31.1 Å². The van der Waals surface area contributed by atoms with E-state index in [4.69, 9.17) is 14.2 Å². The van der Waals surface area contributed by atoms with Crippen molar-refractivity contribution in [3.05, 3.63) is 12.2 Å². The topological polar surface area (TPSA) is 78.9 Å². The molecule has 6 heteroatoms. The van der Waals surface area contributed by atoms with Gasteiger partial charge in [-0.1, -0.05) is 309 Å². The van der Waals surface area contributed by atoms with Crippen LogP contribution in [0.3, 0.4) is 0 Å². The number of carbonyl (C=O) groups is 3. The first-order valence-corrected chi connectivity index (χ1v) is 31.7. The zero-order valence-corrected chi connectivity index (χ0v) is 47.6. The summed E-state index contributed by atoms with van der Waals surface area (Å²) in [4.78, 5) is 38.2. The molecule has 0 heterocycles. The van der Waals surface area contributed by atoms with E-state index in [0.29, 0.717) is 19.3 Å². The van der Waals surface area contributed by atoms with E-state index in [1.165, 1.54) is 257 Å². The van der Waals surface area contributed by atoms with Gasteiger partial charge in [-0.05, 0) is 44.9 Å². The monoisotopic (exact) mass is 987 g/mol. The van der Waals surface area contributed by atoms with Gasteiger partial charge in [0.15, 0.2) is 6.10 Å². The van der Waals surface area contributed by atoms with Crippen LogP contribution in [0.25, 0.3) is 0 Å². The number of hydrogen-bond acceptors (Lipinski definition) is 6. The molecule has 0 rings (SSSR count). The molecule has 1 unspecified atom stereocenters. The summed E-state index contributed by atoms with van der Waals surface area (Å²) >= 11 is 0. The second-order valence-electron chi connectivity index (χ2n) is 21.7. The predicted octanol–water partition coefficient (Wildman–Crippen LogP) is 21.3. The van der Waals surface area contributed by atoms with Gasteiger partial charge in [0.05, 0.1) is 0 Å². The lowest BCUT2D eigenvalue weighted by atomic mass is 10.0. The minimum absolute atomic E-state index is 0.0662. The van der Waals surface area contributed by atoms with Crippen molar-refractivity contribution in [3.63, 3.8) is 0 Å². The Labute approximate surface area is 437 Å². The number of allylic oxidation sites excluding steroid dienone is 2. The van der Waals surface area contributed by atoms with Crippen LogP contribution in [0.4, 0.5) is 0 Å². The number of esters is 3. The maximum atomic E-state index is 12.9. The standard InChI is InChI=1S/C64H122O6/c1-4-7-10-13-16-19-22-25-27-29-30-31-32-33-34-36-37-39-42-45-48-51-54-57-63(66)69-60-61(59-68-62(65)56-53-50-47-44-41-24-21-18-15-12-9-6-3)70-64(67)58-55-52-49-46-43-40-38-35-28-26-23-20-17-14-11-8-5-2/h18,21,61H,4-17,19-20,22-60H2,1-3H3/b21-18-. The third kappa shape index (κ3) is 57.1. The number of hydrogen-bond donors (Lipinski definition) is 0. The first-order valence-electron chi connectivity index (χ1n) is 31.7. The summed E-state index contributed by atoms with van der Waals surface area (Å²) in [5.41, 5.74) is 0. The van der Waals surface area contributed by atoms with Gasteiger partial charge in [0, 0.05) is 19.3 Å². The van der Waals surface area contributed by atoms with Gasteiger partial charge >= 0.3 is 17.9 Å². The van der Waals surface area contributed by atoms with Gasteiger partial charge in [0.1, 0.15) is 13.2 Å². The first-order chi connectivity index (χ1) is 34.5. The molecule has 0 aliphatic heterocycles. The second-order valence-corrected chi connectivity index (χ2v) is 21.7. The Morgan fingerprint density at radius 2 is 0.471 bits per heavy atom. The SMILES string of the molecule is CCCCC/C=C\CCCCCCCC(=O)OCC(COC(=O)CCCCCCCCCCCCCCCCCCCCCCCCC)OC(=O)CCCCCCCCCCCCCCCCCCC. The summed E-state index contributed by atoms with van der Waals surface area (Å²) in [6.45, 7) is 6.68. The van der Waals surface area contributed by atoms with Crippen molar-refractivity contribution in [2.45, 2.75) is 367 Å². The molecule has 0 aliphatic carbocycles. The third-order valence-corrected chi connectivity index (χ3v) is 14.5. The van der Waals surface area contributed by atoms with Crippen LogP contribution in [0.5, 0.6) is 0 Å². The minimum atomic E-state index is -0.768. The Balaban J connectivity index is 4.21. The summed E-state index contributed by atoms with van der Waals surface area (Å²) < 4.78 is 16.9. The fraction of sp³-hybridized carbons (Fsp3) is 0.922. The van der Waals surface area contributed by atoms with Crippen molar-refractivity contribution in [3.8, 4) is 0 Å². The van der Waals surface area contributed by atoms with Gasteiger partial charge in [-0.15, -0.1) is 0 Å². The van der Waals surface area contributed by atoms with Gasteiger partial charge < -0.3 is 14.2 Å². The number of rotatable bonds is 59. The van der Waals surface area contributed by atoms with E-state index in [1.54, 1.807) is 0 Å². The lowest BCUT2D eigenvalue weighted by molar-refractivity contribution is -0.167. The summed E-state index contributed by atoms with van der Waals surface area (Å²) in [6, 6.07) is 0. The number of unbranched alkanes of at least 4 members (excludes halogenated alkanes) is 46. The molecule has 6 nitrogen and oxygen atoms in total. The smallest absolute Gasteiger partial charge is 0.306 e. The minimum Gasteiger partial charge on any atom is -0.462 e. The van der Waals surface area contributed by atoms with Crippen molar-refractivity contribution >= 4 is 17.9 Å². The Kier molecular flexibility index (Phi) is 58.1. The molecule has 0 N–H and O–H groups in total. The molecule has 0 bridgehead atoms. The summed E-state index contributed by atoms with van der Waals surface area (Å²) in [5, 5.41) is 0. The van der Waals surface area contributed by atoms with Crippen LogP contribution >= 0.6 is 0 Å². The Morgan fingerprint density at radius 3 is 0.743 bits per heavy atom. The zero-order chi connectivity index (χ0) is 50.7. The lowest BCUT2D eigenvalue weighted by Gasteiger charge is -2.18. The molecule has 70 heavy (non-hydrogen) atoms. The van der Waals surface area contributed by atoms with E-state index in [9.17, 15) is 14.4 Å². The molecule has 0 aromatic carbocycles. The van der Waals surface area contributed by atoms with Crippen LogP contribution in [0.2, 0.25) is 0 Å². The molecule has 0 aromatic heterocycles. The van der Waals surface area contributed by atoms with E-state index in [0.717, 1.165) is 64.2 Å². The second kappa shape index (κ2) is 59.7. The molecule has 0 aromatic rings. The van der Waals surface area contributed by atoms with Gasteiger partial charge in [0.25, 0.3) is 0 Å². The molecule has 0 radical (unpaired) electrons. The van der Waals surface area contributed by atoms with Crippen molar-refractivity contribution in [2.24, 2.45) is 0 Å². The van der Waals surface area contributed by atoms with Crippen LogP contribution in [-0.4, -0.2) is 37.2 Å². The average Bonchev–Trinajstić information content (AvgIpc) is 3.36. The average molecular weight is 988 g/mol. The summed E-state index contributed by atoms with van der Waals surface area (Å²) in [5.74, 6) is -0.847. The van der Waals surface area contributed by atoms with E-state index < -0.39 is 6.10 Å². The highest BCUT2D eigenvalue weighted by atomic mass is 16.6. The highest BCUT2D eigenvalue weighted by Gasteiger charge is 2.19. The van der Waals surface area contributed by atoms with Crippen molar-refractivity contribution in [1.82, 2.24) is 0 Å². The third-order valence-electron chi connectivity index (χ3n) is 14.5. The van der Waals surface area contributed by atoms with Crippen LogP contribution in [0.1, 0.15) is 361 Å². The van der Waals surface area contributed by atoms with E-state index in [2.05, 4.69) is 32.9 Å². The molecule has 0 amide bonds. The zero-order valence-electron chi connectivity index (χ0n) is 47.6. The lowest BCUT2D eigenvalue weighted by Crippen LogP contribution is -2.30. The normalized spacial score (nSPS) is 12.0. The van der Waals surface area contributed by atoms with Crippen LogP contribution in [0, 0.1) is 0 Å². The highest BCUT2D eigenvalue weighted by molar-refractivity contribution is 5.71. The quantitative estimate of drug-likeness (QED) is 0.0261. The van der Waals surface area contributed by atoms with Crippen LogP contribution in [0.15, 0.2) is 12.2 Å². The summed E-state index contributed by atoms with van der Waals surface area (Å²) in [6.07, 6.45) is 69.4.